The Labute approximate surface area is 170 Å². The molecule has 3 saturated heterocycles. The number of nitrogens with zero attached hydrogens (tertiary/aromatic N) is 3. The third kappa shape index (κ3) is 4.02. The molecule has 156 valence electrons. The van der Waals surface area contributed by atoms with Crippen molar-refractivity contribution in [1.29, 1.82) is 0 Å². The normalized spacial score (nSPS) is 22.0. The quantitative estimate of drug-likeness (QED) is 0.817. The maximum absolute atomic E-state index is 12.6. The molecule has 3 fully saturated rings. The lowest BCUT2D eigenvalue weighted by molar-refractivity contribution is -0.135. The predicted octanol–water partition coefficient (Wildman–Crippen LogP) is 1.77. The van der Waals surface area contributed by atoms with Crippen molar-refractivity contribution in [3.63, 3.8) is 0 Å². The number of nitrogens with one attached hydrogen (secondary N) is 1. The van der Waals surface area contributed by atoms with Crippen molar-refractivity contribution in [2.45, 2.75) is 32.2 Å². The summed E-state index contributed by atoms with van der Waals surface area (Å²) in [5.74, 6) is 0.536. The Morgan fingerprint density at radius 2 is 1.83 bits per heavy atom. The van der Waals surface area contributed by atoms with E-state index in [9.17, 15) is 14.4 Å². The van der Waals surface area contributed by atoms with Gasteiger partial charge in [-0.25, -0.2) is 4.79 Å². The average molecular weight is 400 g/mol. The van der Waals surface area contributed by atoms with E-state index >= 15 is 0 Å². The molecule has 0 aliphatic carbocycles. The molecule has 0 bridgehead atoms. The lowest BCUT2D eigenvalue weighted by Gasteiger charge is -2.43. The maximum Gasteiger partial charge on any atom is 0.322 e. The Kier molecular flexibility index (Phi) is 5.60. The molecular formula is C21H28N4O4. The fraction of sp³-hybridized carbons (Fsp3) is 0.571. The van der Waals surface area contributed by atoms with Crippen LogP contribution in [-0.4, -0.2) is 77.9 Å². The highest BCUT2D eigenvalue weighted by atomic mass is 16.5. The number of anilines is 1. The van der Waals surface area contributed by atoms with E-state index in [1.807, 2.05) is 30.0 Å². The number of likely N-dealkylation sites (tertiary alicyclic amines) is 3. The van der Waals surface area contributed by atoms with Crippen molar-refractivity contribution in [2.24, 2.45) is 5.92 Å². The van der Waals surface area contributed by atoms with Gasteiger partial charge >= 0.3 is 6.03 Å². The van der Waals surface area contributed by atoms with E-state index in [0.29, 0.717) is 44.1 Å². The summed E-state index contributed by atoms with van der Waals surface area (Å²) in [6.45, 7) is 5.48. The van der Waals surface area contributed by atoms with Crippen LogP contribution in [0.4, 0.5) is 10.5 Å². The smallest absolute Gasteiger partial charge is 0.322 e. The lowest BCUT2D eigenvalue weighted by atomic mass is 10.1. The van der Waals surface area contributed by atoms with Crippen LogP contribution in [0.25, 0.3) is 0 Å². The zero-order chi connectivity index (χ0) is 20.4. The van der Waals surface area contributed by atoms with Gasteiger partial charge in [-0.3, -0.25) is 9.59 Å². The van der Waals surface area contributed by atoms with Gasteiger partial charge in [-0.1, -0.05) is 12.1 Å². The van der Waals surface area contributed by atoms with Gasteiger partial charge in [0, 0.05) is 39.1 Å². The molecule has 3 aliphatic rings. The van der Waals surface area contributed by atoms with Gasteiger partial charge in [0.25, 0.3) is 0 Å². The standard InChI is InChI=1S/C21H28N4O4/c1-2-29-18-8-4-3-7-17(18)22-21(28)24-13-16(14-24)25-12-15(11-19(25)26)20(27)23-9-5-6-10-23/h3-4,7-8,15-16H,2,5-6,9-14H2,1H3,(H,22,28). The molecule has 4 amide bonds. The van der Waals surface area contributed by atoms with E-state index < -0.39 is 0 Å². The zero-order valence-corrected chi connectivity index (χ0v) is 16.8. The van der Waals surface area contributed by atoms with Gasteiger partial charge in [-0.2, -0.15) is 0 Å². The molecule has 1 aromatic carbocycles. The molecule has 1 atom stereocenters. The molecule has 8 heteroatoms. The van der Waals surface area contributed by atoms with Crippen molar-refractivity contribution >= 4 is 23.5 Å². The highest BCUT2D eigenvalue weighted by Gasteiger charge is 2.44. The Morgan fingerprint density at radius 1 is 1.10 bits per heavy atom. The third-order valence-corrected chi connectivity index (χ3v) is 5.94. The number of amides is 4. The van der Waals surface area contributed by atoms with E-state index in [4.69, 9.17) is 4.74 Å². The molecule has 4 rings (SSSR count). The predicted molar refractivity (Wildman–Crippen MR) is 108 cm³/mol. The molecule has 0 radical (unpaired) electrons. The number of rotatable bonds is 5. The van der Waals surface area contributed by atoms with Crippen LogP contribution in [-0.2, 0) is 9.59 Å². The first-order chi connectivity index (χ1) is 14.1. The van der Waals surface area contributed by atoms with Crippen molar-refractivity contribution in [2.75, 3.05) is 44.6 Å². The van der Waals surface area contributed by atoms with Gasteiger partial charge in [-0.15, -0.1) is 0 Å². The fourth-order valence-corrected chi connectivity index (χ4v) is 4.31. The number of para-hydroxylation sites is 2. The summed E-state index contributed by atoms with van der Waals surface area (Å²) in [5.41, 5.74) is 0.635. The van der Waals surface area contributed by atoms with Crippen LogP contribution >= 0.6 is 0 Å². The minimum atomic E-state index is -0.235. The molecule has 1 N–H and O–H groups in total. The number of carbonyl (C=O) groups is 3. The summed E-state index contributed by atoms with van der Waals surface area (Å²) < 4.78 is 5.54. The molecule has 29 heavy (non-hydrogen) atoms. The van der Waals surface area contributed by atoms with Crippen LogP contribution in [0.15, 0.2) is 24.3 Å². The van der Waals surface area contributed by atoms with Crippen molar-refractivity contribution in [3.8, 4) is 5.75 Å². The minimum Gasteiger partial charge on any atom is -0.492 e. The highest BCUT2D eigenvalue weighted by molar-refractivity contribution is 5.92. The monoisotopic (exact) mass is 400 g/mol. The average Bonchev–Trinajstić information content (AvgIpc) is 3.32. The molecule has 0 aromatic heterocycles. The lowest BCUT2D eigenvalue weighted by Crippen LogP contribution is -2.62. The largest absolute Gasteiger partial charge is 0.492 e. The number of ether oxygens (including phenoxy) is 1. The van der Waals surface area contributed by atoms with E-state index in [-0.39, 0.29) is 29.8 Å². The van der Waals surface area contributed by atoms with Crippen molar-refractivity contribution in [1.82, 2.24) is 14.7 Å². The van der Waals surface area contributed by atoms with Gasteiger partial charge in [0.2, 0.25) is 11.8 Å². The SMILES string of the molecule is CCOc1ccccc1NC(=O)N1CC(N2CC(C(=O)N3CCCC3)CC2=O)C1. The number of carbonyl (C=O) groups excluding carboxylic acids is 3. The molecule has 0 spiro atoms. The van der Waals surface area contributed by atoms with Gasteiger partial charge in [0.1, 0.15) is 5.75 Å². The summed E-state index contributed by atoms with van der Waals surface area (Å²) in [4.78, 5) is 42.9. The summed E-state index contributed by atoms with van der Waals surface area (Å²) in [6, 6.07) is 7.12. The Hall–Kier alpha value is -2.77. The van der Waals surface area contributed by atoms with Crippen LogP contribution in [0, 0.1) is 5.92 Å². The topological polar surface area (TPSA) is 82.2 Å². The van der Waals surface area contributed by atoms with Gasteiger partial charge < -0.3 is 24.8 Å². The van der Waals surface area contributed by atoms with Crippen LogP contribution in [0.3, 0.4) is 0 Å². The maximum atomic E-state index is 12.6. The summed E-state index contributed by atoms with van der Waals surface area (Å²) in [7, 11) is 0. The number of hydrogen-bond acceptors (Lipinski definition) is 4. The molecule has 8 nitrogen and oxygen atoms in total. The third-order valence-electron chi connectivity index (χ3n) is 5.94. The molecular weight excluding hydrogens is 372 g/mol. The first kappa shape index (κ1) is 19.5. The van der Waals surface area contributed by atoms with E-state index in [2.05, 4.69) is 5.32 Å². The van der Waals surface area contributed by atoms with E-state index in [1.54, 1.807) is 15.9 Å². The van der Waals surface area contributed by atoms with Gasteiger partial charge in [-0.05, 0) is 31.9 Å². The second-order valence-corrected chi connectivity index (χ2v) is 7.90. The second kappa shape index (κ2) is 8.31. The Bertz CT molecular complexity index is 787. The first-order valence-electron chi connectivity index (χ1n) is 10.4. The number of hydrogen-bond donors (Lipinski definition) is 1. The van der Waals surface area contributed by atoms with Crippen LogP contribution in [0.5, 0.6) is 5.75 Å². The fourth-order valence-electron chi connectivity index (χ4n) is 4.31. The summed E-state index contributed by atoms with van der Waals surface area (Å²) in [5, 5.41) is 2.88. The Balaban J connectivity index is 1.29. The van der Waals surface area contributed by atoms with E-state index in [0.717, 1.165) is 25.9 Å². The van der Waals surface area contributed by atoms with Crippen LogP contribution in [0.2, 0.25) is 0 Å². The molecule has 1 aromatic rings. The van der Waals surface area contributed by atoms with Crippen LogP contribution in [0.1, 0.15) is 26.2 Å². The van der Waals surface area contributed by atoms with Crippen molar-refractivity contribution in [3.05, 3.63) is 24.3 Å². The van der Waals surface area contributed by atoms with E-state index in [1.165, 1.54) is 0 Å². The van der Waals surface area contributed by atoms with Crippen LogP contribution < -0.4 is 10.1 Å². The molecule has 3 aliphatic heterocycles. The minimum absolute atomic E-state index is 0.00763. The highest BCUT2D eigenvalue weighted by Crippen LogP contribution is 2.29. The zero-order valence-electron chi connectivity index (χ0n) is 16.8. The summed E-state index contributed by atoms with van der Waals surface area (Å²) in [6.07, 6.45) is 2.39. The number of benzene rings is 1. The van der Waals surface area contributed by atoms with Gasteiger partial charge in [0.05, 0.1) is 24.3 Å². The van der Waals surface area contributed by atoms with Crippen molar-refractivity contribution < 1.29 is 19.1 Å². The molecule has 1 unspecified atom stereocenters. The first-order valence-corrected chi connectivity index (χ1v) is 10.4. The Morgan fingerprint density at radius 3 is 2.55 bits per heavy atom. The molecule has 0 saturated carbocycles. The number of urea groups is 1. The van der Waals surface area contributed by atoms with Gasteiger partial charge in [0.15, 0.2) is 0 Å². The second-order valence-electron chi connectivity index (χ2n) is 7.90. The molecule has 3 heterocycles. The summed E-state index contributed by atoms with van der Waals surface area (Å²) >= 11 is 0.